The summed E-state index contributed by atoms with van der Waals surface area (Å²) >= 11 is 0. The second kappa shape index (κ2) is 7.75. The Bertz CT molecular complexity index is 1300. The van der Waals surface area contributed by atoms with E-state index >= 15 is 0 Å². The highest BCUT2D eigenvalue weighted by atomic mass is 16.6. The van der Waals surface area contributed by atoms with E-state index in [0.717, 1.165) is 4.90 Å². The Morgan fingerprint density at radius 1 is 1.28 bits per heavy atom. The van der Waals surface area contributed by atoms with Crippen LogP contribution in [0, 0.1) is 0 Å². The van der Waals surface area contributed by atoms with Gasteiger partial charge < -0.3 is 18.9 Å². The number of carbonyl (C=O) groups is 3. The molecule has 166 valence electrons. The van der Waals surface area contributed by atoms with Gasteiger partial charge in [-0.25, -0.2) is 14.7 Å². The maximum Gasteiger partial charge on any atom is 0.417 e. The van der Waals surface area contributed by atoms with Crippen LogP contribution >= 0.6 is 0 Å². The first-order valence-corrected chi connectivity index (χ1v) is 10.3. The van der Waals surface area contributed by atoms with Crippen LogP contribution in [-0.2, 0) is 20.8 Å². The summed E-state index contributed by atoms with van der Waals surface area (Å²) in [5, 5.41) is 0.335. The van der Waals surface area contributed by atoms with Crippen molar-refractivity contribution < 1.29 is 23.9 Å². The van der Waals surface area contributed by atoms with Gasteiger partial charge in [-0.2, -0.15) is 0 Å². The van der Waals surface area contributed by atoms with E-state index in [1.165, 1.54) is 4.40 Å². The van der Waals surface area contributed by atoms with E-state index in [1.807, 2.05) is 0 Å². The molecule has 0 saturated carbocycles. The number of rotatable bonds is 5. The second-order valence-electron chi connectivity index (χ2n) is 7.77. The number of fused-ring (bicyclic) bond motifs is 2. The maximum absolute atomic E-state index is 13.4. The number of likely N-dealkylation sites (tertiary alicyclic amines) is 1. The van der Waals surface area contributed by atoms with Crippen LogP contribution in [0.25, 0.3) is 16.7 Å². The van der Waals surface area contributed by atoms with Crippen molar-refractivity contribution in [3.8, 4) is 0 Å². The van der Waals surface area contributed by atoms with Crippen molar-refractivity contribution in [2.75, 3.05) is 33.4 Å². The normalized spacial score (nSPS) is 18.8. The summed E-state index contributed by atoms with van der Waals surface area (Å²) in [6.45, 7) is 0.986. The van der Waals surface area contributed by atoms with Crippen LogP contribution in [0.1, 0.15) is 16.9 Å². The van der Waals surface area contributed by atoms with E-state index in [4.69, 9.17) is 9.47 Å². The summed E-state index contributed by atoms with van der Waals surface area (Å²) in [5.74, 6) is -0.692. The first-order chi connectivity index (χ1) is 15.5. The number of ether oxygens (including phenoxy) is 2. The van der Waals surface area contributed by atoms with Crippen LogP contribution in [0.15, 0.2) is 35.3 Å². The molecule has 0 aliphatic carbocycles. The van der Waals surface area contributed by atoms with Gasteiger partial charge in [0.2, 0.25) is 0 Å². The third-order valence-corrected chi connectivity index (χ3v) is 5.91. The lowest BCUT2D eigenvalue weighted by Crippen LogP contribution is -2.42. The van der Waals surface area contributed by atoms with E-state index in [1.54, 1.807) is 47.0 Å². The van der Waals surface area contributed by atoms with Crippen LogP contribution < -0.4 is 5.56 Å². The standard InChI is InChI=1S/C21H21N5O6/c1-31-9-8-24-15(10-14-18(24)22-16-4-2-3-6-25(16)19(14)28)20(29)23-7-5-13(11-23)26-17(27)12-32-21(26)30/h2-4,6,10,13H,5,7-9,11-12H2,1H3. The van der Waals surface area contributed by atoms with Gasteiger partial charge in [0.25, 0.3) is 17.4 Å². The van der Waals surface area contributed by atoms with Crippen LogP contribution in [0.3, 0.4) is 0 Å². The summed E-state index contributed by atoms with van der Waals surface area (Å²) in [4.78, 5) is 57.6. The van der Waals surface area contributed by atoms with Gasteiger partial charge in [0, 0.05) is 32.9 Å². The summed E-state index contributed by atoms with van der Waals surface area (Å²) in [5.41, 5.74) is 0.942. The quantitative estimate of drug-likeness (QED) is 0.568. The van der Waals surface area contributed by atoms with Crippen molar-refractivity contribution in [1.82, 2.24) is 23.8 Å². The maximum atomic E-state index is 13.4. The fourth-order valence-electron chi connectivity index (χ4n) is 4.35. The molecule has 1 unspecified atom stereocenters. The number of hydrogen-bond donors (Lipinski definition) is 0. The van der Waals surface area contributed by atoms with Gasteiger partial charge in [-0.05, 0) is 24.6 Å². The Labute approximate surface area is 181 Å². The molecule has 0 spiro atoms. The molecule has 2 fully saturated rings. The van der Waals surface area contributed by atoms with Crippen LogP contribution in [0.5, 0.6) is 0 Å². The highest BCUT2D eigenvalue weighted by molar-refractivity contribution is 6.00. The topological polar surface area (TPSA) is 115 Å². The Morgan fingerprint density at radius 2 is 2.12 bits per heavy atom. The van der Waals surface area contributed by atoms with E-state index in [-0.39, 0.29) is 24.6 Å². The number of hydrogen-bond acceptors (Lipinski definition) is 7. The van der Waals surface area contributed by atoms with Crippen molar-refractivity contribution in [3.05, 3.63) is 46.5 Å². The molecule has 2 aliphatic heterocycles. The van der Waals surface area contributed by atoms with E-state index in [0.29, 0.717) is 48.5 Å². The lowest BCUT2D eigenvalue weighted by atomic mass is 10.2. The average Bonchev–Trinajstić information content (AvgIpc) is 3.49. The molecule has 3 amide bonds. The molecule has 2 aliphatic rings. The van der Waals surface area contributed by atoms with Crippen molar-refractivity contribution in [3.63, 3.8) is 0 Å². The van der Waals surface area contributed by atoms with Gasteiger partial charge in [0.15, 0.2) is 6.61 Å². The highest BCUT2D eigenvalue weighted by Crippen LogP contribution is 2.24. The molecule has 3 aromatic heterocycles. The average molecular weight is 439 g/mol. The molecule has 5 heterocycles. The first-order valence-electron chi connectivity index (χ1n) is 10.3. The lowest BCUT2D eigenvalue weighted by molar-refractivity contribution is -0.127. The Morgan fingerprint density at radius 3 is 2.88 bits per heavy atom. The van der Waals surface area contributed by atoms with Crippen molar-refractivity contribution in [1.29, 1.82) is 0 Å². The fraction of sp³-hybridized carbons (Fsp3) is 0.381. The van der Waals surface area contributed by atoms with Gasteiger partial charge in [-0.15, -0.1) is 0 Å². The summed E-state index contributed by atoms with van der Waals surface area (Å²) in [7, 11) is 1.56. The monoisotopic (exact) mass is 439 g/mol. The van der Waals surface area contributed by atoms with Crippen molar-refractivity contribution in [2.24, 2.45) is 0 Å². The number of imide groups is 1. The smallest absolute Gasteiger partial charge is 0.417 e. The highest BCUT2D eigenvalue weighted by Gasteiger charge is 2.41. The molecule has 0 radical (unpaired) electrons. The number of cyclic esters (lactones) is 1. The molecule has 0 N–H and O–H groups in total. The van der Waals surface area contributed by atoms with Crippen LogP contribution in [0.2, 0.25) is 0 Å². The molecule has 2 saturated heterocycles. The number of nitrogens with zero attached hydrogens (tertiary/aromatic N) is 5. The Balaban J connectivity index is 1.53. The molecule has 11 heteroatoms. The predicted octanol–water partition coefficient (Wildman–Crippen LogP) is 0.489. The number of amides is 3. The number of carbonyl (C=O) groups excluding carboxylic acids is 3. The lowest BCUT2D eigenvalue weighted by Gasteiger charge is -2.21. The fourth-order valence-corrected chi connectivity index (χ4v) is 4.35. The molecule has 0 aromatic carbocycles. The number of pyridine rings is 1. The first kappa shape index (κ1) is 20.2. The van der Waals surface area contributed by atoms with Gasteiger partial charge in [-0.1, -0.05) is 6.07 Å². The zero-order chi connectivity index (χ0) is 22.4. The van der Waals surface area contributed by atoms with Gasteiger partial charge in [0.1, 0.15) is 17.0 Å². The number of methoxy groups -OCH3 is 1. The van der Waals surface area contributed by atoms with E-state index < -0.39 is 18.0 Å². The van der Waals surface area contributed by atoms with Crippen molar-refractivity contribution >= 4 is 34.6 Å². The predicted molar refractivity (Wildman–Crippen MR) is 111 cm³/mol. The molecule has 3 aromatic rings. The second-order valence-corrected chi connectivity index (χ2v) is 7.77. The third-order valence-electron chi connectivity index (χ3n) is 5.91. The molecule has 5 rings (SSSR count). The zero-order valence-corrected chi connectivity index (χ0v) is 17.4. The molecule has 1 atom stereocenters. The zero-order valence-electron chi connectivity index (χ0n) is 17.4. The summed E-state index contributed by atoms with van der Waals surface area (Å²) in [6.07, 6.45) is 1.43. The SMILES string of the molecule is COCCn1c(C(=O)N2CCC(N3C(=O)COC3=O)C2)cc2c(=O)n3ccccc3nc21. The molecular formula is C21H21N5O6. The van der Waals surface area contributed by atoms with Crippen LogP contribution in [0.4, 0.5) is 4.79 Å². The van der Waals surface area contributed by atoms with Gasteiger partial charge >= 0.3 is 6.09 Å². The Hall–Kier alpha value is -3.73. The molecular weight excluding hydrogens is 418 g/mol. The van der Waals surface area contributed by atoms with Gasteiger partial charge in [-0.3, -0.25) is 18.8 Å². The molecule has 0 bridgehead atoms. The summed E-state index contributed by atoms with van der Waals surface area (Å²) < 4.78 is 13.1. The largest absolute Gasteiger partial charge is 0.439 e. The number of aromatic nitrogens is 3. The molecule has 11 nitrogen and oxygen atoms in total. The Kier molecular flexibility index (Phi) is 4.89. The van der Waals surface area contributed by atoms with Crippen molar-refractivity contribution in [2.45, 2.75) is 19.0 Å². The molecule has 32 heavy (non-hydrogen) atoms. The summed E-state index contributed by atoms with van der Waals surface area (Å²) in [6, 6.07) is 6.39. The third kappa shape index (κ3) is 3.12. The van der Waals surface area contributed by atoms with Gasteiger partial charge in [0.05, 0.1) is 18.0 Å². The minimum absolute atomic E-state index is 0.208. The van der Waals surface area contributed by atoms with E-state index in [9.17, 15) is 19.2 Å². The van der Waals surface area contributed by atoms with Crippen LogP contribution in [-0.4, -0.2) is 81.1 Å². The minimum Gasteiger partial charge on any atom is -0.439 e. The van der Waals surface area contributed by atoms with E-state index in [2.05, 4.69) is 4.98 Å². The minimum atomic E-state index is -0.674.